The van der Waals surface area contributed by atoms with Gasteiger partial charge in [0.25, 0.3) is 5.91 Å². The third-order valence-electron chi connectivity index (χ3n) is 2.51. The fourth-order valence-electron chi connectivity index (χ4n) is 1.52. The van der Waals surface area contributed by atoms with E-state index in [1.165, 1.54) is 19.2 Å². The highest BCUT2D eigenvalue weighted by Crippen LogP contribution is 2.12. The number of hydrogen-bond acceptors (Lipinski definition) is 6. The van der Waals surface area contributed by atoms with Crippen LogP contribution in [-0.4, -0.2) is 39.0 Å². The fraction of sp³-hybridized carbons (Fsp3) is 0.154. The van der Waals surface area contributed by atoms with Gasteiger partial charge in [-0.25, -0.2) is 9.78 Å². The molecule has 2 aromatic heterocycles. The van der Waals surface area contributed by atoms with E-state index >= 15 is 0 Å². The normalized spacial score (nSPS) is 10.0. The quantitative estimate of drug-likeness (QED) is 0.866. The Morgan fingerprint density at radius 2 is 2.05 bits per heavy atom. The predicted octanol–water partition coefficient (Wildman–Crippen LogP) is 1.14. The fourth-order valence-corrected chi connectivity index (χ4v) is 1.52. The van der Waals surface area contributed by atoms with Gasteiger partial charge >= 0.3 is 5.97 Å². The zero-order valence-electron chi connectivity index (χ0n) is 11.3. The largest absolute Gasteiger partial charge is 0.481 e. The van der Waals surface area contributed by atoms with Crippen molar-refractivity contribution in [2.75, 3.05) is 12.4 Å². The minimum atomic E-state index is -1.11. The smallest absolute Gasteiger partial charge is 0.337 e. The number of carbonyl (C=O) groups excluding carboxylic acids is 1. The van der Waals surface area contributed by atoms with Crippen LogP contribution in [0.5, 0.6) is 5.88 Å². The van der Waals surface area contributed by atoms with Gasteiger partial charge in [-0.15, -0.1) is 0 Å². The number of carbonyl (C=O) groups is 2. The average molecular weight is 288 g/mol. The summed E-state index contributed by atoms with van der Waals surface area (Å²) in [5.41, 5.74) is 0.690. The summed E-state index contributed by atoms with van der Waals surface area (Å²) in [4.78, 5) is 34.5. The molecule has 21 heavy (non-hydrogen) atoms. The second-order valence-corrected chi connectivity index (χ2v) is 4.07. The van der Waals surface area contributed by atoms with Crippen LogP contribution in [0.4, 0.5) is 5.95 Å². The third kappa shape index (κ3) is 3.50. The molecule has 0 bridgehead atoms. The third-order valence-corrected chi connectivity index (χ3v) is 2.51. The molecule has 0 aliphatic heterocycles. The number of amides is 1. The van der Waals surface area contributed by atoms with Crippen molar-refractivity contribution in [2.24, 2.45) is 0 Å². The lowest BCUT2D eigenvalue weighted by Crippen LogP contribution is -2.16. The van der Waals surface area contributed by atoms with Crippen LogP contribution in [0, 0.1) is 6.92 Å². The Morgan fingerprint density at radius 3 is 2.62 bits per heavy atom. The number of aryl methyl sites for hydroxylation is 1. The first-order valence-electron chi connectivity index (χ1n) is 5.90. The van der Waals surface area contributed by atoms with E-state index in [4.69, 9.17) is 9.84 Å². The molecule has 0 aliphatic rings. The molecule has 0 aromatic carbocycles. The van der Waals surface area contributed by atoms with Crippen LogP contribution in [0.15, 0.2) is 24.4 Å². The molecular weight excluding hydrogens is 276 g/mol. The zero-order valence-corrected chi connectivity index (χ0v) is 11.3. The molecule has 1 amide bonds. The van der Waals surface area contributed by atoms with Crippen molar-refractivity contribution in [1.82, 2.24) is 15.0 Å². The number of rotatable bonds is 4. The Hall–Kier alpha value is -3.03. The molecule has 0 saturated carbocycles. The Morgan fingerprint density at radius 1 is 1.29 bits per heavy atom. The van der Waals surface area contributed by atoms with Gasteiger partial charge in [0.05, 0.1) is 12.7 Å². The maximum atomic E-state index is 12.0. The van der Waals surface area contributed by atoms with Crippen molar-refractivity contribution >= 4 is 17.8 Å². The van der Waals surface area contributed by atoms with Crippen LogP contribution >= 0.6 is 0 Å². The summed E-state index contributed by atoms with van der Waals surface area (Å²) in [5, 5.41) is 11.2. The van der Waals surface area contributed by atoms with E-state index in [-0.39, 0.29) is 17.2 Å². The number of methoxy groups -OCH3 is 1. The zero-order chi connectivity index (χ0) is 15.4. The van der Waals surface area contributed by atoms with Crippen molar-refractivity contribution in [3.05, 3.63) is 41.3 Å². The molecule has 2 aromatic rings. The molecule has 0 atom stereocenters. The van der Waals surface area contributed by atoms with Crippen molar-refractivity contribution in [3.8, 4) is 5.88 Å². The summed E-state index contributed by atoms with van der Waals surface area (Å²) in [6, 6.07) is 4.23. The maximum Gasteiger partial charge on any atom is 0.337 e. The minimum absolute atomic E-state index is 0.0000230. The lowest BCUT2D eigenvalue weighted by atomic mass is 10.2. The molecule has 0 aliphatic carbocycles. The monoisotopic (exact) mass is 288 g/mol. The molecule has 0 saturated heterocycles. The molecule has 0 spiro atoms. The highest BCUT2D eigenvalue weighted by atomic mass is 16.5. The van der Waals surface area contributed by atoms with Gasteiger partial charge in [0.15, 0.2) is 0 Å². The van der Waals surface area contributed by atoms with Crippen LogP contribution < -0.4 is 10.1 Å². The molecule has 2 N–H and O–H groups in total. The van der Waals surface area contributed by atoms with Gasteiger partial charge in [-0.1, -0.05) is 0 Å². The molecule has 8 heteroatoms. The van der Waals surface area contributed by atoms with Gasteiger partial charge in [-0.05, 0) is 19.1 Å². The van der Waals surface area contributed by atoms with Gasteiger partial charge in [-0.3, -0.25) is 15.1 Å². The Balaban J connectivity index is 2.17. The predicted molar refractivity (Wildman–Crippen MR) is 72.5 cm³/mol. The molecule has 8 nitrogen and oxygen atoms in total. The van der Waals surface area contributed by atoms with Gasteiger partial charge in [-0.2, -0.15) is 4.98 Å². The van der Waals surface area contributed by atoms with Crippen LogP contribution in [0.25, 0.3) is 0 Å². The van der Waals surface area contributed by atoms with E-state index in [9.17, 15) is 9.59 Å². The lowest BCUT2D eigenvalue weighted by molar-refractivity contribution is 0.0695. The number of ether oxygens (including phenoxy) is 1. The first-order valence-corrected chi connectivity index (χ1v) is 5.90. The maximum absolute atomic E-state index is 12.0. The molecule has 0 radical (unpaired) electrons. The van der Waals surface area contributed by atoms with E-state index in [0.717, 1.165) is 6.20 Å². The van der Waals surface area contributed by atoms with E-state index in [1.54, 1.807) is 13.0 Å². The Kier molecular flexibility index (Phi) is 4.07. The average Bonchev–Trinajstić information content (AvgIpc) is 2.46. The van der Waals surface area contributed by atoms with Crippen LogP contribution in [-0.2, 0) is 0 Å². The van der Waals surface area contributed by atoms with E-state index in [2.05, 4.69) is 20.3 Å². The van der Waals surface area contributed by atoms with Gasteiger partial charge < -0.3 is 9.84 Å². The summed E-state index contributed by atoms with van der Waals surface area (Å²) < 4.78 is 4.98. The van der Waals surface area contributed by atoms with Crippen LogP contribution in [0.3, 0.4) is 0 Å². The van der Waals surface area contributed by atoms with Gasteiger partial charge in [0.1, 0.15) is 5.69 Å². The van der Waals surface area contributed by atoms with Gasteiger partial charge in [0.2, 0.25) is 11.8 Å². The number of nitrogens with zero attached hydrogens (tertiary/aromatic N) is 3. The second kappa shape index (κ2) is 5.95. The Labute approximate surface area is 119 Å². The number of aromatic nitrogens is 3. The number of pyridine rings is 1. The molecule has 0 fully saturated rings. The number of anilines is 1. The van der Waals surface area contributed by atoms with Crippen molar-refractivity contribution in [2.45, 2.75) is 6.92 Å². The molecule has 108 valence electrons. The number of nitrogens with one attached hydrogen (secondary N) is 1. The number of aromatic carboxylic acids is 1. The Bertz CT molecular complexity index is 685. The summed E-state index contributed by atoms with van der Waals surface area (Å²) >= 11 is 0. The topological polar surface area (TPSA) is 114 Å². The standard InChI is InChI=1S/C13H12N4O4/c1-7-5-10(21-2)16-13(15-7)17-11(18)9-4-3-8(6-14-9)12(19)20/h3-6H,1-2H3,(H,19,20)(H,15,16,17,18). The summed E-state index contributed by atoms with van der Waals surface area (Å²) in [7, 11) is 1.46. The van der Waals surface area contributed by atoms with E-state index in [1.807, 2.05) is 0 Å². The van der Waals surface area contributed by atoms with Crippen molar-refractivity contribution in [1.29, 1.82) is 0 Å². The highest BCUT2D eigenvalue weighted by molar-refractivity contribution is 6.02. The summed E-state index contributed by atoms with van der Waals surface area (Å²) in [6.07, 6.45) is 1.11. The highest BCUT2D eigenvalue weighted by Gasteiger charge is 2.12. The number of hydrogen-bond donors (Lipinski definition) is 2. The van der Waals surface area contributed by atoms with E-state index < -0.39 is 11.9 Å². The molecule has 0 unspecified atom stereocenters. The number of carboxylic acids is 1. The first-order chi connectivity index (χ1) is 9.99. The summed E-state index contributed by atoms with van der Waals surface area (Å²) in [5.74, 6) is -1.24. The minimum Gasteiger partial charge on any atom is -0.481 e. The van der Waals surface area contributed by atoms with E-state index in [0.29, 0.717) is 11.6 Å². The van der Waals surface area contributed by atoms with Crippen LogP contribution in [0.1, 0.15) is 26.5 Å². The SMILES string of the molecule is COc1cc(C)nc(NC(=O)c2ccc(C(=O)O)cn2)n1. The molecule has 2 heterocycles. The van der Waals surface area contributed by atoms with Gasteiger partial charge in [0, 0.05) is 18.0 Å². The second-order valence-electron chi connectivity index (χ2n) is 4.07. The van der Waals surface area contributed by atoms with Crippen LogP contribution in [0.2, 0.25) is 0 Å². The van der Waals surface area contributed by atoms with Crippen molar-refractivity contribution in [3.63, 3.8) is 0 Å². The summed E-state index contributed by atoms with van der Waals surface area (Å²) in [6.45, 7) is 1.74. The first kappa shape index (κ1) is 14.4. The van der Waals surface area contributed by atoms with Crippen molar-refractivity contribution < 1.29 is 19.4 Å². The molecule has 2 rings (SSSR count). The number of carboxylic acid groups (broad SMARTS) is 1. The lowest BCUT2D eigenvalue weighted by Gasteiger charge is -2.06. The molecular formula is C13H12N4O4.